The van der Waals surface area contributed by atoms with Crippen LogP contribution in [0.25, 0.3) is 0 Å². The lowest BCUT2D eigenvalue weighted by Crippen LogP contribution is -2.53. The van der Waals surface area contributed by atoms with Gasteiger partial charge in [-0.15, -0.1) is 0 Å². The Bertz CT molecular complexity index is 579. The van der Waals surface area contributed by atoms with Crippen molar-refractivity contribution in [2.45, 2.75) is 45.1 Å². The van der Waals surface area contributed by atoms with E-state index in [1.807, 2.05) is 6.92 Å². The van der Waals surface area contributed by atoms with Crippen molar-refractivity contribution in [1.29, 1.82) is 0 Å². The normalized spacial score (nSPS) is 32.2. The summed E-state index contributed by atoms with van der Waals surface area (Å²) < 4.78 is 0. The Morgan fingerprint density at radius 1 is 1.20 bits per heavy atom. The number of rotatable bonds is 4. The van der Waals surface area contributed by atoms with Crippen molar-refractivity contribution in [3.63, 3.8) is 0 Å². The van der Waals surface area contributed by atoms with E-state index in [2.05, 4.69) is 16.0 Å². The number of hydrogen-bond donors (Lipinski definition) is 3. The van der Waals surface area contributed by atoms with Crippen molar-refractivity contribution in [2.24, 2.45) is 17.8 Å². The zero-order valence-corrected chi connectivity index (χ0v) is 14.5. The Balaban J connectivity index is 1.56. The smallest absolute Gasteiger partial charge is 0.314 e. The quantitative estimate of drug-likeness (QED) is 0.620. The first-order valence-electron chi connectivity index (χ1n) is 9.15. The van der Waals surface area contributed by atoms with E-state index in [0.717, 1.165) is 19.3 Å². The van der Waals surface area contributed by atoms with Gasteiger partial charge in [0.25, 0.3) is 0 Å². The van der Waals surface area contributed by atoms with Crippen LogP contribution in [0.5, 0.6) is 0 Å². The van der Waals surface area contributed by atoms with Gasteiger partial charge < -0.3 is 15.5 Å². The number of carbonyl (C=O) groups excluding carboxylic acids is 4. The number of piperidine rings is 1. The predicted octanol–water partition coefficient (Wildman–Crippen LogP) is -0.0146. The summed E-state index contributed by atoms with van der Waals surface area (Å²) in [6.45, 7) is 3.62. The minimum Gasteiger partial charge on any atom is -0.338 e. The Morgan fingerprint density at radius 3 is 2.72 bits per heavy atom. The molecule has 0 spiro atoms. The van der Waals surface area contributed by atoms with E-state index >= 15 is 0 Å². The number of urea groups is 1. The van der Waals surface area contributed by atoms with Gasteiger partial charge in [-0.2, -0.15) is 0 Å². The number of imide groups is 1. The molecule has 0 aromatic rings. The summed E-state index contributed by atoms with van der Waals surface area (Å²) in [7, 11) is 0. The Labute approximate surface area is 147 Å². The van der Waals surface area contributed by atoms with Crippen molar-refractivity contribution in [1.82, 2.24) is 20.9 Å². The van der Waals surface area contributed by atoms with Gasteiger partial charge in [-0.3, -0.25) is 19.7 Å². The Morgan fingerprint density at radius 2 is 2.00 bits per heavy atom. The molecule has 3 rings (SSSR count). The van der Waals surface area contributed by atoms with Crippen LogP contribution in [0.1, 0.15) is 39.0 Å². The van der Waals surface area contributed by atoms with E-state index in [1.165, 1.54) is 0 Å². The fourth-order valence-electron chi connectivity index (χ4n) is 4.30. The molecule has 3 fully saturated rings. The van der Waals surface area contributed by atoms with Crippen LogP contribution in [0, 0.1) is 17.8 Å². The molecule has 138 valence electrons. The zero-order valence-electron chi connectivity index (χ0n) is 14.5. The summed E-state index contributed by atoms with van der Waals surface area (Å²) in [5, 5.41) is 7.89. The summed E-state index contributed by atoms with van der Waals surface area (Å²) in [6.07, 6.45) is 3.36. The second-order valence-corrected chi connectivity index (χ2v) is 7.24. The van der Waals surface area contributed by atoms with Crippen LogP contribution in [-0.2, 0) is 14.4 Å². The van der Waals surface area contributed by atoms with E-state index in [4.69, 9.17) is 0 Å². The first kappa shape index (κ1) is 17.7. The summed E-state index contributed by atoms with van der Waals surface area (Å²) in [6, 6.07) is -0.685. The maximum absolute atomic E-state index is 12.8. The third-order valence-corrected chi connectivity index (χ3v) is 5.61. The zero-order chi connectivity index (χ0) is 18.0. The van der Waals surface area contributed by atoms with Gasteiger partial charge in [0.1, 0.15) is 6.04 Å². The molecule has 2 aliphatic heterocycles. The lowest BCUT2D eigenvalue weighted by atomic mass is 9.75. The van der Waals surface area contributed by atoms with Gasteiger partial charge in [0.15, 0.2) is 0 Å². The molecule has 25 heavy (non-hydrogen) atoms. The molecule has 0 aromatic heterocycles. The maximum atomic E-state index is 12.8. The summed E-state index contributed by atoms with van der Waals surface area (Å²) in [5.74, 6) is -0.0879. The summed E-state index contributed by atoms with van der Waals surface area (Å²) >= 11 is 0. The van der Waals surface area contributed by atoms with Crippen LogP contribution in [-0.4, -0.2) is 54.3 Å². The highest BCUT2D eigenvalue weighted by molar-refractivity contribution is 6.02. The Hall–Kier alpha value is -2.12. The van der Waals surface area contributed by atoms with E-state index in [0.29, 0.717) is 26.1 Å². The average Bonchev–Trinajstić information content (AvgIpc) is 2.90. The molecular formula is C17H26N4O4. The van der Waals surface area contributed by atoms with Gasteiger partial charge in [-0.05, 0) is 44.4 Å². The number of nitrogens with zero attached hydrogens (tertiary/aromatic N) is 1. The Kier molecular flexibility index (Phi) is 5.24. The molecule has 1 aliphatic carbocycles. The second kappa shape index (κ2) is 7.41. The SMILES string of the molecule is CCNC(=O)NCC1CCC2CN(C3CCC(=O)NC3=O)C(=O)C2C1. The average molecular weight is 350 g/mol. The highest BCUT2D eigenvalue weighted by Gasteiger charge is 2.48. The third kappa shape index (κ3) is 3.77. The van der Waals surface area contributed by atoms with Crippen LogP contribution >= 0.6 is 0 Å². The number of carbonyl (C=O) groups is 4. The van der Waals surface area contributed by atoms with Gasteiger partial charge in [0.05, 0.1) is 0 Å². The molecular weight excluding hydrogens is 324 g/mol. The molecule has 0 radical (unpaired) electrons. The molecule has 4 atom stereocenters. The second-order valence-electron chi connectivity index (χ2n) is 7.24. The lowest BCUT2D eigenvalue weighted by Gasteiger charge is -2.30. The van der Waals surface area contributed by atoms with Crippen LogP contribution in [0.4, 0.5) is 4.79 Å². The van der Waals surface area contributed by atoms with Crippen LogP contribution in [0.2, 0.25) is 0 Å². The van der Waals surface area contributed by atoms with Crippen LogP contribution in [0.15, 0.2) is 0 Å². The maximum Gasteiger partial charge on any atom is 0.314 e. The van der Waals surface area contributed by atoms with Crippen molar-refractivity contribution in [3.8, 4) is 0 Å². The minimum atomic E-state index is -0.511. The first-order valence-corrected chi connectivity index (χ1v) is 9.15. The van der Waals surface area contributed by atoms with Crippen molar-refractivity contribution < 1.29 is 19.2 Å². The molecule has 2 saturated heterocycles. The van der Waals surface area contributed by atoms with Crippen molar-refractivity contribution in [3.05, 3.63) is 0 Å². The van der Waals surface area contributed by atoms with Crippen LogP contribution < -0.4 is 16.0 Å². The summed E-state index contributed by atoms with van der Waals surface area (Å²) in [5.41, 5.74) is 0. The molecule has 8 nitrogen and oxygen atoms in total. The van der Waals surface area contributed by atoms with E-state index in [9.17, 15) is 19.2 Å². The number of hydrogen-bond acceptors (Lipinski definition) is 4. The van der Waals surface area contributed by atoms with Gasteiger partial charge in [0.2, 0.25) is 17.7 Å². The fourth-order valence-corrected chi connectivity index (χ4v) is 4.30. The third-order valence-electron chi connectivity index (χ3n) is 5.61. The highest BCUT2D eigenvalue weighted by Crippen LogP contribution is 2.41. The molecule has 0 bridgehead atoms. The van der Waals surface area contributed by atoms with Gasteiger partial charge in [-0.25, -0.2) is 4.79 Å². The van der Waals surface area contributed by atoms with Gasteiger partial charge in [-0.1, -0.05) is 0 Å². The standard InChI is InChI=1S/C17H26N4O4/c1-2-18-17(25)19-8-10-3-4-11-9-21(16(24)12(11)7-10)13-5-6-14(22)20-15(13)23/h10-13H,2-9H2,1H3,(H2,18,19,25)(H,20,22,23). The molecule has 0 aromatic carbocycles. The molecule has 2 heterocycles. The first-order chi connectivity index (χ1) is 12.0. The van der Waals surface area contributed by atoms with E-state index in [1.54, 1.807) is 4.90 Å². The van der Waals surface area contributed by atoms with Crippen LogP contribution in [0.3, 0.4) is 0 Å². The molecule has 3 aliphatic rings. The number of likely N-dealkylation sites (tertiary alicyclic amines) is 1. The van der Waals surface area contributed by atoms with Gasteiger partial charge in [0, 0.05) is 32.0 Å². The minimum absolute atomic E-state index is 0.0298. The van der Waals surface area contributed by atoms with Gasteiger partial charge >= 0.3 is 6.03 Å². The molecule has 3 N–H and O–H groups in total. The van der Waals surface area contributed by atoms with E-state index < -0.39 is 6.04 Å². The largest absolute Gasteiger partial charge is 0.338 e. The highest BCUT2D eigenvalue weighted by atomic mass is 16.2. The van der Waals surface area contributed by atoms with Crippen molar-refractivity contribution >= 4 is 23.8 Å². The van der Waals surface area contributed by atoms with Crippen molar-refractivity contribution in [2.75, 3.05) is 19.6 Å². The fraction of sp³-hybridized carbons (Fsp3) is 0.765. The predicted molar refractivity (Wildman–Crippen MR) is 89.3 cm³/mol. The molecule has 8 heteroatoms. The topological polar surface area (TPSA) is 108 Å². The number of nitrogens with one attached hydrogen (secondary N) is 3. The lowest BCUT2D eigenvalue weighted by molar-refractivity contribution is -0.144. The molecule has 1 saturated carbocycles. The number of amides is 5. The summed E-state index contributed by atoms with van der Waals surface area (Å²) in [4.78, 5) is 49.4. The number of fused-ring (bicyclic) bond motifs is 1. The molecule has 4 unspecified atom stereocenters. The van der Waals surface area contributed by atoms with E-state index in [-0.39, 0.29) is 47.9 Å². The molecule has 5 amide bonds. The monoisotopic (exact) mass is 350 g/mol.